The largest absolute Gasteiger partial charge is 0.493 e. The standard InChI is InChI=1S/C16H23N3O2/c1-5-14-13(11-19(2)18-14)10-17-9-12-6-7-15(20-3)16(8-12)21-4/h6-8,11,17H,5,9-10H2,1-4H3. The third kappa shape index (κ3) is 3.76. The highest BCUT2D eigenvalue weighted by Gasteiger charge is 2.07. The quantitative estimate of drug-likeness (QED) is 0.849. The van der Waals surface area contributed by atoms with Gasteiger partial charge in [-0.2, -0.15) is 5.10 Å². The van der Waals surface area contributed by atoms with Gasteiger partial charge in [0.2, 0.25) is 0 Å². The van der Waals surface area contributed by atoms with Crippen LogP contribution in [-0.4, -0.2) is 24.0 Å². The van der Waals surface area contributed by atoms with E-state index in [-0.39, 0.29) is 0 Å². The molecular weight excluding hydrogens is 266 g/mol. The van der Waals surface area contributed by atoms with E-state index in [9.17, 15) is 0 Å². The predicted octanol–water partition coefficient (Wildman–Crippen LogP) is 2.29. The smallest absolute Gasteiger partial charge is 0.161 e. The Kier molecular flexibility index (Phi) is 5.22. The molecule has 0 radical (unpaired) electrons. The first-order chi connectivity index (χ1) is 10.2. The van der Waals surface area contributed by atoms with Crippen molar-refractivity contribution in [3.63, 3.8) is 0 Å². The Balaban J connectivity index is 1.97. The molecule has 1 N–H and O–H groups in total. The van der Waals surface area contributed by atoms with Gasteiger partial charge in [0.25, 0.3) is 0 Å². The summed E-state index contributed by atoms with van der Waals surface area (Å²) in [7, 11) is 5.25. The van der Waals surface area contributed by atoms with Crippen molar-refractivity contribution in [2.24, 2.45) is 7.05 Å². The molecule has 1 heterocycles. The molecule has 2 aromatic rings. The molecule has 0 amide bonds. The van der Waals surface area contributed by atoms with Crippen molar-refractivity contribution in [3.05, 3.63) is 41.2 Å². The van der Waals surface area contributed by atoms with E-state index in [4.69, 9.17) is 9.47 Å². The molecule has 0 unspecified atom stereocenters. The van der Waals surface area contributed by atoms with Crippen LogP contribution < -0.4 is 14.8 Å². The van der Waals surface area contributed by atoms with Crippen LogP contribution >= 0.6 is 0 Å². The molecule has 5 nitrogen and oxygen atoms in total. The van der Waals surface area contributed by atoms with Crippen LogP contribution in [0.25, 0.3) is 0 Å². The molecule has 0 spiro atoms. The van der Waals surface area contributed by atoms with Crippen molar-refractivity contribution in [2.45, 2.75) is 26.4 Å². The Hall–Kier alpha value is -2.01. The number of hydrogen-bond acceptors (Lipinski definition) is 4. The molecular formula is C16H23N3O2. The first-order valence-corrected chi connectivity index (χ1v) is 7.11. The van der Waals surface area contributed by atoms with Crippen LogP contribution in [0.15, 0.2) is 24.4 Å². The maximum absolute atomic E-state index is 5.32. The topological polar surface area (TPSA) is 48.3 Å². The molecule has 21 heavy (non-hydrogen) atoms. The molecule has 0 atom stereocenters. The van der Waals surface area contributed by atoms with Crippen LogP contribution in [0.4, 0.5) is 0 Å². The van der Waals surface area contributed by atoms with E-state index < -0.39 is 0 Å². The lowest BCUT2D eigenvalue weighted by Gasteiger charge is -2.10. The molecule has 1 aromatic carbocycles. The van der Waals surface area contributed by atoms with E-state index in [0.29, 0.717) is 0 Å². The molecule has 1 aromatic heterocycles. The van der Waals surface area contributed by atoms with Gasteiger partial charge in [0.05, 0.1) is 19.9 Å². The highest BCUT2D eigenvalue weighted by molar-refractivity contribution is 5.42. The van der Waals surface area contributed by atoms with Gasteiger partial charge in [0.1, 0.15) is 0 Å². The lowest BCUT2D eigenvalue weighted by molar-refractivity contribution is 0.354. The van der Waals surface area contributed by atoms with E-state index in [0.717, 1.165) is 42.3 Å². The number of aryl methyl sites for hydroxylation is 2. The number of aromatic nitrogens is 2. The summed E-state index contributed by atoms with van der Waals surface area (Å²) in [5.74, 6) is 1.51. The number of rotatable bonds is 7. The predicted molar refractivity (Wildman–Crippen MR) is 82.7 cm³/mol. The number of methoxy groups -OCH3 is 2. The minimum Gasteiger partial charge on any atom is -0.493 e. The maximum atomic E-state index is 5.32. The first kappa shape index (κ1) is 15.4. The Morgan fingerprint density at radius 2 is 1.90 bits per heavy atom. The number of hydrogen-bond donors (Lipinski definition) is 1. The summed E-state index contributed by atoms with van der Waals surface area (Å²) >= 11 is 0. The molecule has 0 bridgehead atoms. The van der Waals surface area contributed by atoms with Gasteiger partial charge in [-0.25, -0.2) is 0 Å². The van der Waals surface area contributed by atoms with Gasteiger partial charge in [-0.3, -0.25) is 4.68 Å². The summed E-state index contributed by atoms with van der Waals surface area (Å²) in [5.41, 5.74) is 3.56. The van der Waals surface area contributed by atoms with Gasteiger partial charge in [-0.05, 0) is 24.1 Å². The summed E-state index contributed by atoms with van der Waals surface area (Å²) in [6.07, 6.45) is 3.02. The van der Waals surface area contributed by atoms with Gasteiger partial charge >= 0.3 is 0 Å². The van der Waals surface area contributed by atoms with Crippen molar-refractivity contribution >= 4 is 0 Å². The van der Waals surface area contributed by atoms with E-state index in [1.54, 1.807) is 14.2 Å². The summed E-state index contributed by atoms with van der Waals surface area (Å²) < 4.78 is 12.4. The van der Waals surface area contributed by atoms with Crippen LogP contribution in [0.5, 0.6) is 11.5 Å². The third-order valence-electron chi connectivity index (χ3n) is 3.42. The van der Waals surface area contributed by atoms with E-state index in [1.165, 1.54) is 5.56 Å². The fourth-order valence-electron chi connectivity index (χ4n) is 2.36. The molecule has 0 aliphatic rings. The van der Waals surface area contributed by atoms with Crippen molar-refractivity contribution < 1.29 is 9.47 Å². The average Bonchev–Trinajstić information content (AvgIpc) is 2.87. The zero-order valence-electron chi connectivity index (χ0n) is 13.1. The van der Waals surface area contributed by atoms with Crippen LogP contribution in [-0.2, 0) is 26.6 Å². The summed E-state index contributed by atoms with van der Waals surface area (Å²) in [5, 5.41) is 7.89. The fraction of sp³-hybridized carbons (Fsp3) is 0.438. The molecule has 0 saturated carbocycles. The van der Waals surface area contributed by atoms with E-state index in [1.807, 2.05) is 29.9 Å². The average molecular weight is 289 g/mol. The highest BCUT2D eigenvalue weighted by atomic mass is 16.5. The second-order valence-corrected chi connectivity index (χ2v) is 4.92. The maximum Gasteiger partial charge on any atom is 0.161 e. The molecule has 0 aliphatic carbocycles. The number of nitrogens with zero attached hydrogens (tertiary/aromatic N) is 2. The van der Waals surface area contributed by atoms with Crippen molar-refractivity contribution in [1.29, 1.82) is 0 Å². The molecule has 114 valence electrons. The Morgan fingerprint density at radius 3 is 2.57 bits per heavy atom. The number of nitrogens with one attached hydrogen (secondary N) is 1. The monoisotopic (exact) mass is 289 g/mol. The molecule has 0 fully saturated rings. The summed E-state index contributed by atoms with van der Waals surface area (Å²) in [6, 6.07) is 5.96. The van der Waals surface area contributed by atoms with Crippen LogP contribution in [0.1, 0.15) is 23.7 Å². The van der Waals surface area contributed by atoms with Crippen molar-refractivity contribution in [2.75, 3.05) is 14.2 Å². The van der Waals surface area contributed by atoms with Gasteiger partial charge < -0.3 is 14.8 Å². The van der Waals surface area contributed by atoms with Crippen LogP contribution in [0.3, 0.4) is 0 Å². The first-order valence-electron chi connectivity index (χ1n) is 7.11. The second kappa shape index (κ2) is 7.13. The zero-order valence-corrected chi connectivity index (χ0v) is 13.1. The lowest BCUT2D eigenvalue weighted by Crippen LogP contribution is -2.13. The third-order valence-corrected chi connectivity index (χ3v) is 3.42. The van der Waals surface area contributed by atoms with Crippen molar-refractivity contribution in [3.8, 4) is 11.5 Å². The Bertz CT molecular complexity index is 593. The van der Waals surface area contributed by atoms with Crippen LogP contribution in [0.2, 0.25) is 0 Å². The zero-order chi connectivity index (χ0) is 15.2. The fourth-order valence-corrected chi connectivity index (χ4v) is 2.36. The molecule has 2 rings (SSSR count). The SMILES string of the molecule is CCc1nn(C)cc1CNCc1ccc(OC)c(OC)c1. The normalized spacial score (nSPS) is 10.7. The van der Waals surface area contributed by atoms with Gasteiger partial charge in [0.15, 0.2) is 11.5 Å². The Morgan fingerprint density at radius 1 is 1.14 bits per heavy atom. The highest BCUT2D eigenvalue weighted by Crippen LogP contribution is 2.27. The molecule has 0 aliphatic heterocycles. The minimum absolute atomic E-state index is 0.752. The summed E-state index contributed by atoms with van der Waals surface area (Å²) in [6.45, 7) is 3.71. The van der Waals surface area contributed by atoms with Gasteiger partial charge in [0, 0.05) is 31.9 Å². The molecule has 5 heteroatoms. The minimum atomic E-state index is 0.752. The lowest BCUT2D eigenvalue weighted by atomic mass is 10.2. The second-order valence-electron chi connectivity index (χ2n) is 4.92. The number of benzene rings is 1. The molecule has 0 saturated heterocycles. The number of ether oxygens (including phenoxy) is 2. The van der Waals surface area contributed by atoms with Gasteiger partial charge in [-0.1, -0.05) is 13.0 Å². The van der Waals surface area contributed by atoms with Gasteiger partial charge in [-0.15, -0.1) is 0 Å². The van der Waals surface area contributed by atoms with Crippen LogP contribution in [0, 0.1) is 0 Å². The van der Waals surface area contributed by atoms with E-state index in [2.05, 4.69) is 23.5 Å². The van der Waals surface area contributed by atoms with E-state index >= 15 is 0 Å². The van der Waals surface area contributed by atoms with Crippen molar-refractivity contribution in [1.82, 2.24) is 15.1 Å². The summed E-state index contributed by atoms with van der Waals surface area (Å²) in [4.78, 5) is 0. The Labute approximate surface area is 125 Å².